The number of aromatic amines is 1. The van der Waals surface area contributed by atoms with Crippen LogP contribution in [0.4, 0.5) is 0 Å². The maximum absolute atomic E-state index is 6.02. The van der Waals surface area contributed by atoms with E-state index in [9.17, 15) is 0 Å². The van der Waals surface area contributed by atoms with Crippen LogP contribution in [-0.4, -0.2) is 24.6 Å². The summed E-state index contributed by atoms with van der Waals surface area (Å²) in [5.41, 5.74) is 2.90. The monoisotopic (exact) mass is 385 g/mol. The van der Waals surface area contributed by atoms with Crippen LogP contribution in [0.3, 0.4) is 0 Å². The summed E-state index contributed by atoms with van der Waals surface area (Å²) in [6.45, 7) is 2.26. The molecule has 0 aliphatic rings. The molecule has 26 heavy (non-hydrogen) atoms. The topological polar surface area (TPSA) is 68.1 Å². The van der Waals surface area contributed by atoms with Gasteiger partial charge in [0.25, 0.3) is 0 Å². The van der Waals surface area contributed by atoms with E-state index in [0.29, 0.717) is 23.3 Å². The van der Waals surface area contributed by atoms with E-state index < -0.39 is 0 Å². The number of pyridine rings is 1. The lowest BCUT2D eigenvalue weighted by Gasteiger charge is -2.05. The fraction of sp³-hybridized carbons (Fsp3) is 0.167. The Morgan fingerprint density at radius 2 is 2.15 bits per heavy atom. The Labute approximate surface area is 159 Å². The average Bonchev–Trinajstić information content (AvgIpc) is 3.27. The van der Waals surface area contributed by atoms with Gasteiger partial charge in [-0.1, -0.05) is 29.4 Å². The molecule has 0 saturated heterocycles. The maximum atomic E-state index is 6.02. The SMILES string of the molecule is Cc1cc(OCc2nc(SCc3cn4ccccc4n3)n[nH]2)ccc1Cl. The number of nitrogens with one attached hydrogen (secondary N) is 1. The van der Waals surface area contributed by atoms with Gasteiger partial charge < -0.3 is 9.14 Å². The number of hydrogen-bond donors (Lipinski definition) is 1. The minimum atomic E-state index is 0.322. The van der Waals surface area contributed by atoms with Crippen molar-refractivity contribution < 1.29 is 4.74 Å². The molecular weight excluding hydrogens is 370 g/mol. The van der Waals surface area contributed by atoms with Gasteiger partial charge in [0.05, 0.1) is 5.69 Å². The molecule has 0 unspecified atom stereocenters. The van der Waals surface area contributed by atoms with Crippen LogP contribution in [0.1, 0.15) is 17.1 Å². The van der Waals surface area contributed by atoms with Crippen LogP contribution in [0.2, 0.25) is 5.02 Å². The molecule has 0 amide bonds. The highest BCUT2D eigenvalue weighted by molar-refractivity contribution is 7.98. The van der Waals surface area contributed by atoms with Gasteiger partial charge in [0.2, 0.25) is 5.16 Å². The van der Waals surface area contributed by atoms with Gasteiger partial charge in [-0.3, -0.25) is 5.10 Å². The first-order valence-electron chi connectivity index (χ1n) is 8.03. The van der Waals surface area contributed by atoms with Gasteiger partial charge in [-0.2, -0.15) is 0 Å². The standard InChI is InChI=1S/C18H16ClN5OS/c1-12-8-14(5-6-15(12)19)25-10-16-21-18(23-22-16)26-11-13-9-24-7-3-2-4-17(24)20-13/h2-9H,10-11H2,1H3,(H,21,22,23). The second kappa shape index (κ2) is 7.39. The van der Waals surface area contributed by atoms with Crippen molar-refractivity contribution in [2.45, 2.75) is 24.4 Å². The van der Waals surface area contributed by atoms with E-state index in [1.54, 1.807) is 0 Å². The van der Waals surface area contributed by atoms with Crippen LogP contribution in [0.15, 0.2) is 53.9 Å². The number of nitrogens with zero attached hydrogens (tertiary/aromatic N) is 4. The second-order valence-electron chi connectivity index (χ2n) is 5.75. The van der Waals surface area contributed by atoms with Gasteiger partial charge >= 0.3 is 0 Å². The Kier molecular flexibility index (Phi) is 4.81. The Bertz CT molecular complexity index is 1010. The molecule has 0 saturated carbocycles. The van der Waals surface area contributed by atoms with E-state index in [-0.39, 0.29) is 0 Å². The lowest BCUT2D eigenvalue weighted by Crippen LogP contribution is -1.98. The molecule has 8 heteroatoms. The minimum absolute atomic E-state index is 0.322. The van der Waals surface area contributed by atoms with Crippen molar-refractivity contribution in [3.05, 3.63) is 70.9 Å². The Morgan fingerprint density at radius 1 is 1.23 bits per heavy atom. The van der Waals surface area contributed by atoms with Crippen LogP contribution in [-0.2, 0) is 12.4 Å². The third kappa shape index (κ3) is 3.84. The zero-order chi connectivity index (χ0) is 17.9. The fourth-order valence-corrected chi connectivity index (χ4v) is 3.28. The zero-order valence-corrected chi connectivity index (χ0v) is 15.6. The molecule has 0 aliphatic heterocycles. The number of imidazole rings is 1. The van der Waals surface area contributed by atoms with Crippen molar-refractivity contribution in [2.24, 2.45) is 0 Å². The number of aromatic nitrogens is 5. The summed E-state index contributed by atoms with van der Waals surface area (Å²) in [4.78, 5) is 9.01. The molecule has 3 heterocycles. The van der Waals surface area contributed by atoms with Crippen molar-refractivity contribution in [3.63, 3.8) is 0 Å². The number of hydrogen-bond acceptors (Lipinski definition) is 5. The number of rotatable bonds is 6. The van der Waals surface area contributed by atoms with Crippen molar-refractivity contribution in [2.75, 3.05) is 0 Å². The number of fused-ring (bicyclic) bond motifs is 1. The molecule has 6 nitrogen and oxygen atoms in total. The number of benzene rings is 1. The fourth-order valence-electron chi connectivity index (χ4n) is 2.46. The van der Waals surface area contributed by atoms with E-state index in [0.717, 1.165) is 27.7 Å². The molecule has 4 aromatic rings. The predicted molar refractivity (Wildman–Crippen MR) is 102 cm³/mol. The second-order valence-corrected chi connectivity index (χ2v) is 7.10. The van der Waals surface area contributed by atoms with E-state index >= 15 is 0 Å². The van der Waals surface area contributed by atoms with Crippen LogP contribution >= 0.6 is 23.4 Å². The summed E-state index contributed by atoms with van der Waals surface area (Å²) >= 11 is 7.55. The highest BCUT2D eigenvalue weighted by atomic mass is 35.5. The summed E-state index contributed by atoms with van der Waals surface area (Å²) < 4.78 is 7.73. The Hall–Kier alpha value is -2.51. The van der Waals surface area contributed by atoms with Crippen LogP contribution in [0.5, 0.6) is 5.75 Å². The average molecular weight is 386 g/mol. The van der Waals surface area contributed by atoms with Gasteiger partial charge in [-0.25, -0.2) is 9.97 Å². The summed E-state index contributed by atoms with van der Waals surface area (Å²) in [5.74, 6) is 2.13. The van der Waals surface area contributed by atoms with Crippen molar-refractivity contribution >= 4 is 29.0 Å². The zero-order valence-electron chi connectivity index (χ0n) is 14.0. The molecule has 132 valence electrons. The lowest BCUT2D eigenvalue weighted by molar-refractivity contribution is 0.296. The molecule has 0 bridgehead atoms. The van der Waals surface area contributed by atoms with E-state index in [2.05, 4.69) is 20.2 Å². The molecular formula is C18H16ClN5OS. The van der Waals surface area contributed by atoms with Crippen molar-refractivity contribution in [3.8, 4) is 5.75 Å². The quantitative estimate of drug-likeness (QED) is 0.501. The third-order valence-corrected chi connectivity index (χ3v) is 5.08. The molecule has 0 atom stereocenters. The molecule has 0 radical (unpaired) electrons. The molecule has 1 aromatic carbocycles. The number of H-pyrrole nitrogens is 1. The van der Waals surface area contributed by atoms with Gasteiger partial charge in [-0.15, -0.1) is 5.10 Å². The third-order valence-electron chi connectivity index (χ3n) is 3.78. The summed E-state index contributed by atoms with van der Waals surface area (Å²) in [6, 6.07) is 11.5. The number of aryl methyl sites for hydroxylation is 1. The molecule has 3 aromatic heterocycles. The van der Waals surface area contributed by atoms with Crippen molar-refractivity contribution in [1.29, 1.82) is 0 Å². The first-order valence-corrected chi connectivity index (χ1v) is 9.39. The largest absolute Gasteiger partial charge is 0.486 e. The first kappa shape index (κ1) is 16.9. The van der Waals surface area contributed by atoms with Crippen molar-refractivity contribution in [1.82, 2.24) is 24.6 Å². The summed E-state index contributed by atoms with van der Waals surface area (Å²) in [6.07, 6.45) is 4.00. The van der Waals surface area contributed by atoms with Gasteiger partial charge in [0.1, 0.15) is 18.0 Å². The first-order chi connectivity index (χ1) is 12.7. The van der Waals surface area contributed by atoms with Gasteiger partial charge in [0.15, 0.2) is 5.82 Å². The van der Waals surface area contributed by atoms with Crippen LogP contribution < -0.4 is 4.74 Å². The lowest BCUT2D eigenvalue weighted by atomic mass is 10.2. The summed E-state index contributed by atoms with van der Waals surface area (Å²) in [5, 5.41) is 8.53. The molecule has 0 aliphatic carbocycles. The number of ether oxygens (including phenoxy) is 1. The van der Waals surface area contributed by atoms with Crippen LogP contribution in [0, 0.1) is 6.92 Å². The minimum Gasteiger partial charge on any atom is -0.486 e. The molecule has 4 rings (SSSR count). The van der Waals surface area contributed by atoms with E-state index in [1.165, 1.54) is 11.8 Å². The Morgan fingerprint density at radius 3 is 3.00 bits per heavy atom. The number of halogens is 1. The summed E-state index contributed by atoms with van der Waals surface area (Å²) in [7, 11) is 0. The van der Waals surface area contributed by atoms with Crippen LogP contribution in [0.25, 0.3) is 5.65 Å². The van der Waals surface area contributed by atoms with Gasteiger partial charge in [0, 0.05) is 23.2 Å². The van der Waals surface area contributed by atoms with E-state index in [1.807, 2.05) is 60.1 Å². The number of thioether (sulfide) groups is 1. The van der Waals surface area contributed by atoms with Gasteiger partial charge in [-0.05, 0) is 42.8 Å². The smallest absolute Gasteiger partial charge is 0.208 e. The van der Waals surface area contributed by atoms with E-state index in [4.69, 9.17) is 16.3 Å². The molecule has 1 N–H and O–H groups in total. The molecule has 0 spiro atoms. The Balaban J connectivity index is 1.34. The highest BCUT2D eigenvalue weighted by Gasteiger charge is 2.08. The molecule has 0 fully saturated rings. The maximum Gasteiger partial charge on any atom is 0.208 e. The normalized spacial score (nSPS) is 11.2. The predicted octanol–water partition coefficient (Wildman–Crippen LogP) is 4.29. The highest BCUT2D eigenvalue weighted by Crippen LogP contribution is 2.22.